The smallest absolute Gasteiger partial charge is 0.228 e. The molecule has 33 heavy (non-hydrogen) atoms. The van der Waals surface area contributed by atoms with E-state index in [1.807, 2.05) is 37.2 Å². The third kappa shape index (κ3) is 4.24. The van der Waals surface area contributed by atoms with Gasteiger partial charge in [-0.2, -0.15) is 0 Å². The van der Waals surface area contributed by atoms with Gasteiger partial charge >= 0.3 is 0 Å². The van der Waals surface area contributed by atoms with Gasteiger partial charge in [-0.1, -0.05) is 31.0 Å². The quantitative estimate of drug-likeness (QED) is 0.623. The molecule has 1 aliphatic heterocycles. The van der Waals surface area contributed by atoms with Gasteiger partial charge in [0.05, 0.1) is 6.54 Å². The molecule has 3 heterocycles. The zero-order chi connectivity index (χ0) is 22.9. The summed E-state index contributed by atoms with van der Waals surface area (Å²) >= 11 is 0. The maximum atomic E-state index is 12.9. The first-order valence-electron chi connectivity index (χ1n) is 12.0. The lowest BCUT2D eigenvalue weighted by Crippen LogP contribution is -2.39. The molecule has 0 bridgehead atoms. The summed E-state index contributed by atoms with van der Waals surface area (Å²) in [5.41, 5.74) is 4.25. The number of nitrogens with zero attached hydrogens (tertiary/aromatic N) is 4. The van der Waals surface area contributed by atoms with Crippen molar-refractivity contribution in [1.82, 2.24) is 19.9 Å². The third-order valence-electron chi connectivity index (χ3n) is 7.12. The zero-order valence-electron chi connectivity index (χ0n) is 19.4. The van der Waals surface area contributed by atoms with E-state index < -0.39 is 0 Å². The SMILES string of the molecule is Cc1nc(CN(C)C(=O)C2CCCC2)nc2c1CCC(=O)N2CCc1c[nH]c2ccccc12. The number of carbonyl (C=O) groups excluding carboxylic acids is 2. The average Bonchev–Trinajstić information content (AvgIpc) is 3.48. The lowest BCUT2D eigenvalue weighted by molar-refractivity contribution is -0.134. The fraction of sp³-hybridized carbons (Fsp3) is 0.462. The van der Waals surface area contributed by atoms with Gasteiger partial charge in [-0.15, -0.1) is 0 Å². The van der Waals surface area contributed by atoms with E-state index in [9.17, 15) is 9.59 Å². The van der Waals surface area contributed by atoms with Crippen molar-refractivity contribution in [1.29, 1.82) is 0 Å². The number of rotatable bonds is 6. The summed E-state index contributed by atoms with van der Waals surface area (Å²) in [6.45, 7) is 2.92. The number of benzene rings is 1. The van der Waals surface area contributed by atoms with Crippen molar-refractivity contribution in [3.8, 4) is 0 Å². The fourth-order valence-corrected chi connectivity index (χ4v) is 5.29. The molecule has 1 aromatic carbocycles. The Morgan fingerprint density at radius 1 is 1.18 bits per heavy atom. The summed E-state index contributed by atoms with van der Waals surface area (Å²) in [7, 11) is 1.83. The number of fused-ring (bicyclic) bond motifs is 2. The van der Waals surface area contributed by atoms with Crippen LogP contribution in [0.1, 0.15) is 54.7 Å². The van der Waals surface area contributed by atoms with Gasteiger partial charge in [0.25, 0.3) is 0 Å². The van der Waals surface area contributed by atoms with Gasteiger partial charge in [0.1, 0.15) is 11.6 Å². The molecule has 0 unspecified atom stereocenters. The van der Waals surface area contributed by atoms with E-state index in [2.05, 4.69) is 17.1 Å². The van der Waals surface area contributed by atoms with E-state index in [0.717, 1.165) is 54.7 Å². The summed E-state index contributed by atoms with van der Waals surface area (Å²) in [4.78, 5) is 42.1. The Bertz CT molecular complexity index is 1190. The van der Waals surface area contributed by atoms with Crippen molar-refractivity contribution in [2.24, 2.45) is 5.92 Å². The molecule has 2 aromatic heterocycles. The summed E-state index contributed by atoms with van der Waals surface area (Å²) in [6, 6.07) is 8.22. The van der Waals surface area contributed by atoms with E-state index in [1.54, 1.807) is 4.90 Å². The summed E-state index contributed by atoms with van der Waals surface area (Å²) in [5.74, 6) is 1.73. The molecule has 7 heteroatoms. The van der Waals surface area contributed by atoms with Crippen molar-refractivity contribution in [3.63, 3.8) is 0 Å². The van der Waals surface area contributed by atoms with Crippen molar-refractivity contribution >= 4 is 28.5 Å². The van der Waals surface area contributed by atoms with Crippen LogP contribution >= 0.6 is 0 Å². The van der Waals surface area contributed by atoms with Gasteiger partial charge in [0, 0.05) is 54.3 Å². The van der Waals surface area contributed by atoms with E-state index in [0.29, 0.717) is 31.8 Å². The summed E-state index contributed by atoms with van der Waals surface area (Å²) < 4.78 is 0. The summed E-state index contributed by atoms with van der Waals surface area (Å²) in [6.07, 6.45) is 8.13. The van der Waals surface area contributed by atoms with Gasteiger partial charge < -0.3 is 9.88 Å². The van der Waals surface area contributed by atoms with Crippen LogP contribution in [0.15, 0.2) is 30.5 Å². The number of carbonyl (C=O) groups is 2. The molecule has 2 amide bonds. The second kappa shape index (κ2) is 8.96. The van der Waals surface area contributed by atoms with Crippen LogP contribution < -0.4 is 4.90 Å². The van der Waals surface area contributed by atoms with Crippen LogP contribution in [0.4, 0.5) is 5.82 Å². The fourth-order valence-electron chi connectivity index (χ4n) is 5.29. The lowest BCUT2D eigenvalue weighted by Gasteiger charge is -2.30. The molecule has 1 N–H and O–H groups in total. The molecule has 0 radical (unpaired) electrons. The van der Waals surface area contributed by atoms with Gasteiger partial charge in [-0.3, -0.25) is 14.5 Å². The molecule has 0 spiro atoms. The van der Waals surface area contributed by atoms with Crippen molar-refractivity contribution in [2.75, 3.05) is 18.5 Å². The summed E-state index contributed by atoms with van der Waals surface area (Å²) in [5, 5.41) is 1.19. The second-order valence-electron chi connectivity index (χ2n) is 9.36. The first-order chi connectivity index (χ1) is 16.0. The lowest BCUT2D eigenvalue weighted by atomic mass is 10.0. The number of aryl methyl sites for hydroxylation is 1. The molecular weight excluding hydrogens is 414 g/mol. The normalized spacial score (nSPS) is 16.4. The molecule has 1 aliphatic carbocycles. The van der Waals surface area contributed by atoms with Crippen molar-refractivity contribution < 1.29 is 9.59 Å². The number of para-hydroxylation sites is 1. The predicted octanol–water partition coefficient (Wildman–Crippen LogP) is 3.94. The minimum atomic E-state index is 0.0989. The molecule has 1 saturated carbocycles. The molecule has 2 aliphatic rings. The number of anilines is 1. The van der Waals surface area contributed by atoms with Crippen LogP contribution in [-0.2, 0) is 29.0 Å². The number of amides is 2. The third-order valence-corrected chi connectivity index (χ3v) is 7.12. The number of aromatic nitrogens is 3. The minimum Gasteiger partial charge on any atom is -0.361 e. The Balaban J connectivity index is 1.37. The van der Waals surface area contributed by atoms with E-state index >= 15 is 0 Å². The standard InChI is InChI=1S/C26H31N5O2/c1-17-20-11-12-24(32)31(14-13-19-15-27-22-10-6-5-9-21(19)22)25(20)29-23(28-17)16-30(2)26(33)18-7-3-4-8-18/h5-6,9-10,15,18,27H,3-4,7-8,11-14,16H2,1-2H3. The molecule has 0 saturated heterocycles. The van der Waals surface area contributed by atoms with Crippen LogP contribution in [0.5, 0.6) is 0 Å². The molecule has 5 rings (SSSR count). The zero-order valence-corrected chi connectivity index (χ0v) is 19.4. The van der Waals surface area contributed by atoms with Crippen LogP contribution in [-0.4, -0.2) is 45.3 Å². The Morgan fingerprint density at radius 3 is 2.79 bits per heavy atom. The highest BCUT2D eigenvalue weighted by atomic mass is 16.2. The highest BCUT2D eigenvalue weighted by Gasteiger charge is 2.29. The minimum absolute atomic E-state index is 0.0989. The van der Waals surface area contributed by atoms with E-state index in [4.69, 9.17) is 9.97 Å². The molecule has 1 fully saturated rings. The Hall–Kier alpha value is -3.22. The molecule has 3 aromatic rings. The number of hydrogen-bond donors (Lipinski definition) is 1. The molecule has 7 nitrogen and oxygen atoms in total. The first kappa shape index (κ1) is 21.6. The number of hydrogen-bond acceptors (Lipinski definition) is 4. The topological polar surface area (TPSA) is 82.2 Å². The van der Waals surface area contributed by atoms with Gasteiger partial charge in [0.2, 0.25) is 11.8 Å². The number of H-pyrrole nitrogens is 1. The maximum Gasteiger partial charge on any atom is 0.228 e. The van der Waals surface area contributed by atoms with Crippen LogP contribution in [0.3, 0.4) is 0 Å². The van der Waals surface area contributed by atoms with E-state index in [-0.39, 0.29) is 17.7 Å². The average molecular weight is 446 g/mol. The van der Waals surface area contributed by atoms with Crippen molar-refractivity contribution in [2.45, 2.75) is 58.4 Å². The predicted molar refractivity (Wildman–Crippen MR) is 128 cm³/mol. The highest BCUT2D eigenvalue weighted by Crippen LogP contribution is 2.30. The van der Waals surface area contributed by atoms with Crippen LogP contribution in [0, 0.1) is 12.8 Å². The molecule has 172 valence electrons. The molecule has 0 atom stereocenters. The largest absolute Gasteiger partial charge is 0.361 e. The maximum absolute atomic E-state index is 12.9. The number of aromatic amines is 1. The Labute approximate surface area is 194 Å². The highest BCUT2D eigenvalue weighted by molar-refractivity contribution is 5.95. The second-order valence-corrected chi connectivity index (χ2v) is 9.36. The van der Waals surface area contributed by atoms with Gasteiger partial charge in [-0.25, -0.2) is 9.97 Å². The monoisotopic (exact) mass is 445 g/mol. The Morgan fingerprint density at radius 2 is 1.97 bits per heavy atom. The first-order valence-corrected chi connectivity index (χ1v) is 12.0. The van der Waals surface area contributed by atoms with Crippen molar-refractivity contribution in [3.05, 3.63) is 53.1 Å². The van der Waals surface area contributed by atoms with Crippen LogP contribution in [0.25, 0.3) is 10.9 Å². The number of nitrogens with one attached hydrogen (secondary N) is 1. The van der Waals surface area contributed by atoms with E-state index in [1.165, 1.54) is 10.9 Å². The Kier molecular flexibility index (Phi) is 5.87. The van der Waals surface area contributed by atoms with Gasteiger partial charge in [-0.05, 0) is 44.2 Å². The van der Waals surface area contributed by atoms with Gasteiger partial charge in [0.15, 0.2) is 0 Å². The van der Waals surface area contributed by atoms with Crippen LogP contribution in [0.2, 0.25) is 0 Å². The molecular formula is C26H31N5O2.